The molecule has 0 fully saturated rings. The molecule has 0 aliphatic rings. The maximum Gasteiger partial charge on any atom is 0.330 e. The number of benzene rings is 2. The minimum atomic E-state index is -0.395. The Morgan fingerprint density at radius 1 is 0.950 bits per heavy atom. The van der Waals surface area contributed by atoms with Gasteiger partial charge in [0.05, 0.1) is 0 Å². The molecule has 0 saturated carbocycles. The molecule has 1 radical (unpaired) electrons. The Morgan fingerprint density at radius 2 is 1.50 bits per heavy atom. The van der Waals surface area contributed by atoms with Gasteiger partial charge < -0.3 is 4.74 Å². The molecule has 2 aromatic carbocycles. The predicted molar refractivity (Wildman–Crippen MR) is 75.7 cm³/mol. The van der Waals surface area contributed by atoms with Crippen molar-refractivity contribution in [1.82, 2.24) is 0 Å². The van der Waals surface area contributed by atoms with Crippen molar-refractivity contribution in [2.45, 2.75) is 13.0 Å². The van der Waals surface area contributed by atoms with E-state index in [1.165, 1.54) is 17.2 Å². The van der Waals surface area contributed by atoms with E-state index in [0.717, 1.165) is 12.0 Å². The third-order valence-electron chi connectivity index (χ3n) is 2.82. The molecule has 101 valence electrons. The Labute approximate surface area is 131 Å². The average molecular weight is 303 g/mol. The largest absolute Gasteiger partial charge is 0.458 e. The molecule has 2 rings (SSSR count). The summed E-state index contributed by atoms with van der Waals surface area (Å²) in [7, 11) is 0. The molecule has 2 aromatic rings. The molecule has 0 amide bonds. The van der Waals surface area contributed by atoms with Crippen molar-refractivity contribution in [3.63, 3.8) is 0 Å². The van der Waals surface area contributed by atoms with Gasteiger partial charge in [0.2, 0.25) is 0 Å². The standard InChI is InChI=1S/C17H16O2.V/c1-2-17(18)19-13-16-10-8-15(9-11-16)12-14-6-4-3-5-7-14;/h2-11H,1,12-13H2;. The predicted octanol–water partition coefficient (Wildman–Crippen LogP) is 3.50. The van der Waals surface area contributed by atoms with E-state index in [2.05, 4.69) is 30.8 Å². The summed E-state index contributed by atoms with van der Waals surface area (Å²) in [6.45, 7) is 3.65. The van der Waals surface area contributed by atoms with E-state index in [-0.39, 0.29) is 25.2 Å². The van der Waals surface area contributed by atoms with Crippen molar-refractivity contribution in [3.05, 3.63) is 83.9 Å². The summed E-state index contributed by atoms with van der Waals surface area (Å²) in [6, 6.07) is 18.4. The molecular formula is C17H16O2V. The Morgan fingerprint density at radius 3 is 2.10 bits per heavy atom. The quantitative estimate of drug-likeness (QED) is 0.624. The first kappa shape index (κ1) is 16.3. The molecule has 3 heteroatoms. The van der Waals surface area contributed by atoms with Crippen LogP contribution in [0.1, 0.15) is 16.7 Å². The van der Waals surface area contributed by atoms with Crippen LogP contribution in [-0.4, -0.2) is 5.97 Å². The molecule has 0 aliphatic heterocycles. The van der Waals surface area contributed by atoms with Crippen LogP contribution in [0.25, 0.3) is 0 Å². The third kappa shape index (κ3) is 5.08. The van der Waals surface area contributed by atoms with E-state index in [9.17, 15) is 4.79 Å². The molecule has 0 atom stereocenters. The van der Waals surface area contributed by atoms with Crippen LogP contribution in [0.5, 0.6) is 0 Å². The molecule has 0 unspecified atom stereocenters. The summed E-state index contributed by atoms with van der Waals surface area (Å²) >= 11 is 0. The van der Waals surface area contributed by atoms with Crippen LogP contribution in [0.3, 0.4) is 0 Å². The normalized spacial score (nSPS) is 9.40. The number of hydrogen-bond acceptors (Lipinski definition) is 2. The van der Waals surface area contributed by atoms with E-state index < -0.39 is 5.97 Å². The second-order valence-electron chi connectivity index (χ2n) is 4.29. The van der Waals surface area contributed by atoms with Crippen molar-refractivity contribution in [1.29, 1.82) is 0 Å². The maximum absolute atomic E-state index is 11.0. The van der Waals surface area contributed by atoms with Gasteiger partial charge in [-0.2, -0.15) is 0 Å². The second kappa shape index (κ2) is 8.41. The van der Waals surface area contributed by atoms with Gasteiger partial charge in [-0.05, 0) is 23.1 Å². The van der Waals surface area contributed by atoms with Crippen molar-refractivity contribution in [2.24, 2.45) is 0 Å². The minimum absolute atomic E-state index is 0. The second-order valence-corrected chi connectivity index (χ2v) is 4.29. The van der Waals surface area contributed by atoms with Gasteiger partial charge in [0, 0.05) is 24.6 Å². The molecule has 0 N–H and O–H groups in total. The first-order valence-electron chi connectivity index (χ1n) is 6.19. The van der Waals surface area contributed by atoms with Crippen molar-refractivity contribution < 1.29 is 28.1 Å². The average Bonchev–Trinajstić information content (AvgIpc) is 2.47. The van der Waals surface area contributed by atoms with Gasteiger partial charge >= 0.3 is 5.97 Å². The van der Waals surface area contributed by atoms with E-state index in [1.54, 1.807) is 0 Å². The van der Waals surface area contributed by atoms with Gasteiger partial charge in [0.1, 0.15) is 6.61 Å². The van der Waals surface area contributed by atoms with Crippen LogP contribution in [0.2, 0.25) is 0 Å². The van der Waals surface area contributed by atoms with Gasteiger partial charge in [-0.15, -0.1) is 0 Å². The van der Waals surface area contributed by atoms with Gasteiger partial charge in [0.15, 0.2) is 0 Å². The maximum atomic E-state index is 11.0. The number of carbonyl (C=O) groups is 1. The molecule has 0 bridgehead atoms. The van der Waals surface area contributed by atoms with Crippen LogP contribution < -0.4 is 0 Å². The van der Waals surface area contributed by atoms with Crippen LogP contribution >= 0.6 is 0 Å². The number of rotatable bonds is 5. The smallest absolute Gasteiger partial charge is 0.330 e. The fourth-order valence-corrected chi connectivity index (χ4v) is 1.80. The summed E-state index contributed by atoms with van der Waals surface area (Å²) < 4.78 is 4.98. The molecule has 0 saturated heterocycles. The first-order valence-corrected chi connectivity index (χ1v) is 6.19. The SMILES string of the molecule is C=CC(=O)OCc1ccc(Cc2ccccc2)cc1.[V]. The van der Waals surface area contributed by atoms with Crippen LogP contribution in [0.4, 0.5) is 0 Å². The fourth-order valence-electron chi connectivity index (χ4n) is 1.80. The van der Waals surface area contributed by atoms with Gasteiger partial charge in [-0.3, -0.25) is 0 Å². The Kier molecular flexibility index (Phi) is 6.85. The molecular weight excluding hydrogens is 287 g/mol. The number of carbonyl (C=O) groups excluding carboxylic acids is 1. The van der Waals surface area contributed by atoms with Crippen LogP contribution in [-0.2, 0) is 41.1 Å². The van der Waals surface area contributed by atoms with Crippen LogP contribution in [0.15, 0.2) is 67.3 Å². The molecule has 20 heavy (non-hydrogen) atoms. The van der Waals surface area contributed by atoms with E-state index in [0.29, 0.717) is 0 Å². The summed E-state index contributed by atoms with van der Waals surface area (Å²) in [4.78, 5) is 11.0. The molecule has 2 nitrogen and oxygen atoms in total. The Balaban J connectivity index is 0.00000200. The Bertz CT molecular complexity index is 547. The topological polar surface area (TPSA) is 26.3 Å². The number of esters is 1. The van der Waals surface area contributed by atoms with E-state index >= 15 is 0 Å². The summed E-state index contributed by atoms with van der Waals surface area (Å²) in [5.41, 5.74) is 3.50. The zero-order valence-electron chi connectivity index (χ0n) is 11.2. The third-order valence-corrected chi connectivity index (χ3v) is 2.82. The van der Waals surface area contributed by atoms with E-state index in [4.69, 9.17) is 4.74 Å². The summed E-state index contributed by atoms with van der Waals surface area (Å²) in [5.74, 6) is -0.395. The monoisotopic (exact) mass is 303 g/mol. The van der Waals surface area contributed by atoms with Crippen LogP contribution in [0, 0.1) is 0 Å². The van der Waals surface area contributed by atoms with Gasteiger partial charge in [0.25, 0.3) is 0 Å². The van der Waals surface area contributed by atoms with Crippen molar-refractivity contribution in [2.75, 3.05) is 0 Å². The molecule has 0 heterocycles. The van der Waals surface area contributed by atoms with Gasteiger partial charge in [-0.1, -0.05) is 61.2 Å². The zero-order chi connectivity index (χ0) is 13.5. The molecule has 0 aliphatic carbocycles. The zero-order valence-corrected chi connectivity index (χ0v) is 12.6. The van der Waals surface area contributed by atoms with Crippen molar-refractivity contribution in [3.8, 4) is 0 Å². The van der Waals surface area contributed by atoms with Crippen molar-refractivity contribution >= 4 is 5.97 Å². The van der Waals surface area contributed by atoms with E-state index in [1.807, 2.05) is 30.3 Å². The van der Waals surface area contributed by atoms with Gasteiger partial charge in [-0.25, -0.2) is 4.79 Å². The first-order chi connectivity index (χ1) is 9.28. The summed E-state index contributed by atoms with van der Waals surface area (Å²) in [5, 5.41) is 0. The number of hydrogen-bond donors (Lipinski definition) is 0. The number of ether oxygens (including phenoxy) is 1. The fraction of sp³-hybridized carbons (Fsp3) is 0.118. The minimum Gasteiger partial charge on any atom is -0.458 e. The Hall–Kier alpha value is -1.77. The summed E-state index contributed by atoms with van der Waals surface area (Å²) in [6.07, 6.45) is 2.08. The molecule has 0 spiro atoms. The molecule has 0 aromatic heterocycles.